The van der Waals surface area contributed by atoms with Gasteiger partial charge in [-0.1, -0.05) is 6.92 Å². The lowest BCUT2D eigenvalue weighted by molar-refractivity contribution is 1.15. The molecule has 0 saturated heterocycles. The van der Waals surface area contributed by atoms with Crippen LogP contribution in [0.3, 0.4) is 0 Å². The third kappa shape index (κ3) is 1.90. The third-order valence-electron chi connectivity index (χ3n) is 1.92. The maximum atomic E-state index is 8.80. The Morgan fingerprint density at radius 2 is 2.38 bits per heavy atom. The quantitative estimate of drug-likeness (QED) is 0.732. The minimum absolute atomic E-state index is 0.637. The van der Waals surface area contributed by atoms with Gasteiger partial charge in [-0.15, -0.1) is 11.3 Å². The van der Waals surface area contributed by atoms with Crippen LogP contribution in [0.15, 0.2) is 17.0 Å². The first-order valence-electron chi connectivity index (χ1n) is 4.13. The molecular formula is C10H12N2S. The topological polar surface area (TPSA) is 49.8 Å². The maximum absolute atomic E-state index is 8.80. The summed E-state index contributed by atoms with van der Waals surface area (Å²) in [7, 11) is 0. The van der Waals surface area contributed by atoms with Crippen LogP contribution < -0.4 is 5.73 Å². The number of nitrogens with zero attached hydrogens (tertiary/aromatic N) is 1. The summed E-state index contributed by atoms with van der Waals surface area (Å²) >= 11 is 1.58. The largest absolute Gasteiger partial charge is 0.397 e. The van der Waals surface area contributed by atoms with Crippen LogP contribution in [-0.4, -0.2) is 0 Å². The molecule has 0 amide bonds. The van der Waals surface area contributed by atoms with Gasteiger partial charge in [0.1, 0.15) is 0 Å². The van der Waals surface area contributed by atoms with Crippen molar-refractivity contribution in [1.29, 1.82) is 5.26 Å². The zero-order valence-electron chi connectivity index (χ0n) is 7.79. The van der Waals surface area contributed by atoms with E-state index >= 15 is 0 Å². The molecule has 2 N–H and O–H groups in total. The van der Waals surface area contributed by atoms with E-state index < -0.39 is 0 Å². The summed E-state index contributed by atoms with van der Waals surface area (Å²) in [6.45, 7) is 3.94. The molecular weight excluding hydrogens is 180 g/mol. The fourth-order valence-corrected chi connectivity index (χ4v) is 2.03. The van der Waals surface area contributed by atoms with Crippen molar-refractivity contribution in [3.63, 3.8) is 0 Å². The molecule has 1 heterocycles. The molecule has 68 valence electrons. The standard InChI is InChI=1S/C10H12N2S/c1-3-8(6-11)9(12)10-7(2)4-5-13-10/h4-5H,3,12H2,1-2H3/b9-8-. The predicted octanol–water partition coefficient (Wildman–Crippen LogP) is 2.66. The smallest absolute Gasteiger partial charge is 0.0969 e. The van der Waals surface area contributed by atoms with Gasteiger partial charge in [0.2, 0.25) is 0 Å². The molecule has 2 nitrogen and oxygen atoms in total. The number of thiophene rings is 1. The Labute approximate surface area is 82.3 Å². The first-order chi connectivity index (χ1) is 6.20. The van der Waals surface area contributed by atoms with Gasteiger partial charge in [-0.3, -0.25) is 0 Å². The number of hydrogen-bond donors (Lipinski definition) is 1. The highest BCUT2D eigenvalue weighted by Crippen LogP contribution is 2.24. The Morgan fingerprint density at radius 1 is 1.69 bits per heavy atom. The lowest BCUT2D eigenvalue weighted by Crippen LogP contribution is -1.99. The summed E-state index contributed by atoms with van der Waals surface area (Å²) in [5, 5.41) is 10.8. The number of aryl methyl sites for hydroxylation is 1. The second kappa shape index (κ2) is 4.11. The summed E-state index contributed by atoms with van der Waals surface area (Å²) in [5.41, 5.74) is 8.32. The lowest BCUT2D eigenvalue weighted by Gasteiger charge is -2.02. The molecule has 0 aliphatic heterocycles. The first-order valence-corrected chi connectivity index (χ1v) is 5.01. The molecule has 0 fully saturated rings. The van der Waals surface area contributed by atoms with Crippen LogP contribution in [0.4, 0.5) is 0 Å². The number of rotatable bonds is 2. The molecule has 0 bridgehead atoms. The average molecular weight is 192 g/mol. The molecule has 0 unspecified atom stereocenters. The lowest BCUT2D eigenvalue weighted by atomic mass is 10.1. The van der Waals surface area contributed by atoms with Crippen LogP contribution in [0.5, 0.6) is 0 Å². The Morgan fingerprint density at radius 3 is 2.77 bits per heavy atom. The molecule has 13 heavy (non-hydrogen) atoms. The van der Waals surface area contributed by atoms with E-state index in [0.29, 0.717) is 17.7 Å². The van der Waals surface area contributed by atoms with Gasteiger partial charge < -0.3 is 5.73 Å². The van der Waals surface area contributed by atoms with Crippen molar-refractivity contribution in [3.05, 3.63) is 27.5 Å². The normalized spacial score (nSPS) is 12.1. The van der Waals surface area contributed by atoms with Crippen LogP contribution in [0.2, 0.25) is 0 Å². The molecule has 0 spiro atoms. The minimum Gasteiger partial charge on any atom is -0.397 e. The summed E-state index contributed by atoms with van der Waals surface area (Å²) < 4.78 is 0. The van der Waals surface area contributed by atoms with Crippen molar-refractivity contribution >= 4 is 17.0 Å². The van der Waals surface area contributed by atoms with Crippen molar-refractivity contribution in [2.24, 2.45) is 5.73 Å². The second-order valence-corrected chi connectivity index (χ2v) is 3.71. The van der Waals surface area contributed by atoms with Gasteiger partial charge in [0.15, 0.2) is 0 Å². The monoisotopic (exact) mass is 192 g/mol. The zero-order chi connectivity index (χ0) is 9.84. The zero-order valence-corrected chi connectivity index (χ0v) is 8.61. The Balaban J connectivity index is 3.17. The highest BCUT2D eigenvalue weighted by Gasteiger charge is 2.07. The maximum Gasteiger partial charge on any atom is 0.0969 e. The van der Waals surface area contributed by atoms with Gasteiger partial charge in [-0.05, 0) is 30.4 Å². The van der Waals surface area contributed by atoms with Crippen molar-refractivity contribution in [3.8, 4) is 6.07 Å². The van der Waals surface area contributed by atoms with Gasteiger partial charge in [0.25, 0.3) is 0 Å². The van der Waals surface area contributed by atoms with Crippen LogP contribution in [0.1, 0.15) is 23.8 Å². The Hall–Kier alpha value is -1.27. The summed E-state index contributed by atoms with van der Waals surface area (Å²) in [6.07, 6.45) is 0.694. The van der Waals surface area contributed by atoms with E-state index in [-0.39, 0.29) is 0 Å². The van der Waals surface area contributed by atoms with E-state index in [2.05, 4.69) is 6.07 Å². The van der Waals surface area contributed by atoms with E-state index in [1.807, 2.05) is 25.3 Å². The highest BCUT2D eigenvalue weighted by atomic mass is 32.1. The molecule has 0 saturated carbocycles. The second-order valence-electron chi connectivity index (χ2n) is 2.79. The van der Waals surface area contributed by atoms with Crippen LogP contribution >= 0.6 is 11.3 Å². The van der Waals surface area contributed by atoms with Gasteiger partial charge in [0.05, 0.1) is 22.2 Å². The van der Waals surface area contributed by atoms with E-state index in [1.54, 1.807) is 11.3 Å². The summed E-state index contributed by atoms with van der Waals surface area (Å²) in [5.74, 6) is 0. The van der Waals surface area contributed by atoms with E-state index in [9.17, 15) is 0 Å². The van der Waals surface area contributed by atoms with Crippen LogP contribution in [0.25, 0.3) is 5.70 Å². The molecule has 0 radical (unpaired) electrons. The fraction of sp³-hybridized carbons (Fsp3) is 0.300. The number of nitrogens with two attached hydrogens (primary N) is 1. The molecule has 0 atom stereocenters. The number of hydrogen-bond acceptors (Lipinski definition) is 3. The molecule has 3 heteroatoms. The van der Waals surface area contributed by atoms with E-state index in [1.165, 1.54) is 0 Å². The first kappa shape index (κ1) is 9.82. The van der Waals surface area contributed by atoms with Crippen LogP contribution in [0, 0.1) is 18.3 Å². The number of nitriles is 1. The summed E-state index contributed by atoms with van der Waals surface area (Å²) in [6, 6.07) is 4.14. The van der Waals surface area contributed by atoms with Crippen molar-refractivity contribution in [2.75, 3.05) is 0 Å². The SMILES string of the molecule is CC/C(C#N)=C(/N)c1sccc1C. The minimum atomic E-state index is 0.637. The molecule has 0 aromatic carbocycles. The molecule has 0 aliphatic rings. The van der Waals surface area contributed by atoms with E-state index in [4.69, 9.17) is 11.0 Å². The molecule has 1 rings (SSSR count). The molecule has 1 aromatic rings. The van der Waals surface area contributed by atoms with Gasteiger partial charge in [0, 0.05) is 0 Å². The Kier molecular flexibility index (Phi) is 3.10. The molecule has 1 aromatic heterocycles. The van der Waals surface area contributed by atoms with Gasteiger partial charge in [-0.25, -0.2) is 0 Å². The van der Waals surface area contributed by atoms with Crippen molar-refractivity contribution < 1.29 is 0 Å². The average Bonchev–Trinajstić information content (AvgIpc) is 2.53. The highest BCUT2D eigenvalue weighted by molar-refractivity contribution is 7.11. The Bertz CT molecular complexity index is 369. The predicted molar refractivity (Wildman–Crippen MR) is 56.1 cm³/mol. The molecule has 0 aliphatic carbocycles. The van der Waals surface area contributed by atoms with Crippen molar-refractivity contribution in [1.82, 2.24) is 0 Å². The van der Waals surface area contributed by atoms with Gasteiger partial charge in [-0.2, -0.15) is 5.26 Å². The van der Waals surface area contributed by atoms with E-state index in [0.717, 1.165) is 10.4 Å². The van der Waals surface area contributed by atoms with Gasteiger partial charge >= 0.3 is 0 Å². The fourth-order valence-electron chi connectivity index (χ4n) is 1.12. The van der Waals surface area contributed by atoms with Crippen molar-refractivity contribution in [2.45, 2.75) is 20.3 Å². The third-order valence-corrected chi connectivity index (χ3v) is 2.97. The number of allylic oxidation sites excluding steroid dienone is 1. The summed E-state index contributed by atoms with van der Waals surface area (Å²) in [4.78, 5) is 1.03. The van der Waals surface area contributed by atoms with Crippen LogP contribution in [-0.2, 0) is 0 Å².